The molecule has 0 spiro atoms. The summed E-state index contributed by atoms with van der Waals surface area (Å²) in [5, 5.41) is 17.6. The zero-order chi connectivity index (χ0) is 9.84. The lowest BCUT2D eigenvalue weighted by molar-refractivity contribution is 0.111. The highest BCUT2D eigenvalue weighted by atomic mass is 16.5. The highest BCUT2D eigenvalue weighted by Gasteiger charge is 2.17. The van der Waals surface area contributed by atoms with Crippen LogP contribution in [0.2, 0.25) is 0 Å². The lowest BCUT2D eigenvalue weighted by Gasteiger charge is -2.04. The second-order valence-corrected chi connectivity index (χ2v) is 2.32. The van der Waals surface area contributed by atoms with Gasteiger partial charge >= 0.3 is 7.12 Å². The number of pyridine rings is 1. The van der Waals surface area contributed by atoms with Gasteiger partial charge in [-0.1, -0.05) is 6.07 Å². The van der Waals surface area contributed by atoms with Crippen LogP contribution in [0.15, 0.2) is 12.1 Å². The van der Waals surface area contributed by atoms with E-state index in [1.807, 2.05) is 0 Å². The van der Waals surface area contributed by atoms with Crippen molar-refractivity contribution in [2.45, 2.75) is 0 Å². The number of aromatic nitrogens is 1. The van der Waals surface area contributed by atoms with Crippen LogP contribution in [0, 0.1) is 0 Å². The molecule has 0 aliphatic rings. The van der Waals surface area contributed by atoms with E-state index in [-0.39, 0.29) is 17.0 Å². The van der Waals surface area contributed by atoms with Crippen molar-refractivity contribution < 1.29 is 19.6 Å². The van der Waals surface area contributed by atoms with E-state index in [4.69, 9.17) is 14.8 Å². The second kappa shape index (κ2) is 4.02. The average molecular weight is 181 g/mol. The number of nitrogens with zero attached hydrogens (tertiary/aromatic N) is 1. The summed E-state index contributed by atoms with van der Waals surface area (Å²) in [5.41, 5.74) is 0.0325. The summed E-state index contributed by atoms with van der Waals surface area (Å²) in [7, 11) is -0.287. The number of rotatable bonds is 3. The minimum atomic E-state index is -1.70. The fourth-order valence-corrected chi connectivity index (χ4v) is 0.893. The van der Waals surface area contributed by atoms with Crippen molar-refractivity contribution in [2.75, 3.05) is 7.11 Å². The Bertz CT molecular complexity index is 315. The summed E-state index contributed by atoms with van der Waals surface area (Å²) in [6.07, 6.45) is 0.442. The first-order chi connectivity index (χ1) is 6.19. The van der Waals surface area contributed by atoms with Gasteiger partial charge in [-0.05, 0) is 6.07 Å². The third-order valence-electron chi connectivity index (χ3n) is 1.53. The molecule has 0 bridgehead atoms. The number of methoxy groups -OCH3 is 1. The predicted octanol–water partition coefficient (Wildman–Crippen LogP) is -1.42. The molecule has 6 heteroatoms. The van der Waals surface area contributed by atoms with Crippen molar-refractivity contribution >= 4 is 18.9 Å². The summed E-state index contributed by atoms with van der Waals surface area (Å²) in [6.45, 7) is 0. The Morgan fingerprint density at radius 2 is 2.23 bits per heavy atom. The molecule has 5 nitrogen and oxygen atoms in total. The normalized spacial score (nSPS) is 9.46. The van der Waals surface area contributed by atoms with Crippen LogP contribution in [0.3, 0.4) is 0 Å². The first-order valence-corrected chi connectivity index (χ1v) is 3.55. The molecule has 0 saturated carbocycles. The van der Waals surface area contributed by atoms with Crippen LogP contribution in [0.1, 0.15) is 10.5 Å². The van der Waals surface area contributed by atoms with Gasteiger partial charge in [0.2, 0.25) is 5.88 Å². The van der Waals surface area contributed by atoms with E-state index in [1.54, 1.807) is 0 Å². The minimum absolute atomic E-state index is 0.0330. The SMILES string of the molecule is COc1ccc(B(O)O)c(C=O)n1. The smallest absolute Gasteiger partial charge is 0.481 e. The fraction of sp³-hybridized carbons (Fsp3) is 0.143. The van der Waals surface area contributed by atoms with Crippen molar-refractivity contribution in [1.82, 2.24) is 4.98 Å². The Balaban J connectivity index is 3.15. The quantitative estimate of drug-likeness (QED) is 0.442. The lowest BCUT2D eigenvalue weighted by atomic mass is 9.79. The van der Waals surface area contributed by atoms with Gasteiger partial charge in [-0.3, -0.25) is 4.79 Å². The maximum atomic E-state index is 10.5. The van der Waals surface area contributed by atoms with Crippen LogP contribution in [0.5, 0.6) is 5.88 Å². The zero-order valence-corrected chi connectivity index (χ0v) is 6.97. The molecule has 0 radical (unpaired) electrons. The Kier molecular flexibility index (Phi) is 3.00. The van der Waals surface area contributed by atoms with Crippen molar-refractivity contribution in [1.29, 1.82) is 0 Å². The van der Waals surface area contributed by atoms with Gasteiger partial charge in [0, 0.05) is 5.46 Å². The van der Waals surface area contributed by atoms with Crippen LogP contribution in [-0.4, -0.2) is 35.5 Å². The van der Waals surface area contributed by atoms with Crippen LogP contribution in [0.4, 0.5) is 0 Å². The molecule has 0 fully saturated rings. The van der Waals surface area contributed by atoms with Gasteiger partial charge in [-0.25, -0.2) is 4.98 Å². The third kappa shape index (κ3) is 2.04. The number of hydrogen-bond acceptors (Lipinski definition) is 5. The minimum Gasteiger partial charge on any atom is -0.481 e. The van der Waals surface area contributed by atoms with Gasteiger partial charge in [0.05, 0.1) is 7.11 Å². The van der Waals surface area contributed by atoms with Gasteiger partial charge in [-0.2, -0.15) is 0 Å². The average Bonchev–Trinajstić information content (AvgIpc) is 2.16. The molecule has 1 heterocycles. The van der Waals surface area contributed by atoms with E-state index in [1.165, 1.54) is 19.2 Å². The standard InChI is InChI=1S/C7H8BNO4/c1-13-7-3-2-5(8(11)12)6(4-10)9-7/h2-4,11-12H,1H3. The number of hydrogen-bond donors (Lipinski definition) is 2. The Labute approximate surface area is 75.1 Å². The van der Waals surface area contributed by atoms with Crippen molar-refractivity contribution in [3.8, 4) is 5.88 Å². The molecule has 0 unspecified atom stereocenters. The van der Waals surface area contributed by atoms with Crippen molar-refractivity contribution in [3.05, 3.63) is 17.8 Å². The molecule has 0 aliphatic heterocycles. The van der Waals surface area contributed by atoms with Crippen LogP contribution in [-0.2, 0) is 0 Å². The summed E-state index contributed by atoms with van der Waals surface area (Å²) in [6, 6.07) is 2.82. The molecule has 0 aliphatic carbocycles. The highest BCUT2D eigenvalue weighted by molar-refractivity contribution is 6.59. The zero-order valence-electron chi connectivity index (χ0n) is 6.97. The molecule has 0 amide bonds. The van der Waals surface area contributed by atoms with E-state index in [2.05, 4.69) is 4.98 Å². The lowest BCUT2D eigenvalue weighted by Crippen LogP contribution is -2.33. The number of aldehydes is 1. The van der Waals surface area contributed by atoms with Crippen molar-refractivity contribution in [2.24, 2.45) is 0 Å². The van der Waals surface area contributed by atoms with Gasteiger partial charge in [0.25, 0.3) is 0 Å². The summed E-state index contributed by atoms with van der Waals surface area (Å²) in [4.78, 5) is 14.2. The first kappa shape index (κ1) is 9.69. The van der Waals surface area contributed by atoms with Crippen LogP contribution >= 0.6 is 0 Å². The van der Waals surface area contributed by atoms with Gasteiger partial charge < -0.3 is 14.8 Å². The van der Waals surface area contributed by atoms with E-state index in [0.29, 0.717) is 6.29 Å². The molecular weight excluding hydrogens is 173 g/mol. The largest absolute Gasteiger partial charge is 0.490 e. The molecule has 0 atom stereocenters. The molecule has 1 rings (SSSR count). The van der Waals surface area contributed by atoms with E-state index in [9.17, 15) is 4.79 Å². The Hall–Kier alpha value is -1.40. The molecule has 2 N–H and O–H groups in total. The molecule has 68 valence electrons. The number of ether oxygens (including phenoxy) is 1. The fourth-order valence-electron chi connectivity index (χ4n) is 0.893. The van der Waals surface area contributed by atoms with E-state index >= 15 is 0 Å². The Morgan fingerprint density at radius 1 is 1.54 bits per heavy atom. The third-order valence-corrected chi connectivity index (χ3v) is 1.53. The maximum Gasteiger partial charge on any atom is 0.490 e. The van der Waals surface area contributed by atoms with Gasteiger partial charge in [-0.15, -0.1) is 0 Å². The summed E-state index contributed by atoms with van der Waals surface area (Å²) < 4.78 is 4.76. The number of carbonyl (C=O) groups is 1. The number of carbonyl (C=O) groups excluding carboxylic acids is 1. The summed E-state index contributed by atoms with van der Waals surface area (Å²) >= 11 is 0. The molecule has 1 aromatic rings. The van der Waals surface area contributed by atoms with Crippen LogP contribution < -0.4 is 10.2 Å². The topological polar surface area (TPSA) is 79.6 Å². The monoisotopic (exact) mass is 181 g/mol. The first-order valence-electron chi connectivity index (χ1n) is 3.55. The van der Waals surface area contributed by atoms with Crippen LogP contribution in [0.25, 0.3) is 0 Å². The molecule has 0 saturated heterocycles. The van der Waals surface area contributed by atoms with E-state index in [0.717, 1.165) is 0 Å². The molecule has 13 heavy (non-hydrogen) atoms. The maximum absolute atomic E-state index is 10.5. The van der Waals surface area contributed by atoms with Crippen molar-refractivity contribution in [3.63, 3.8) is 0 Å². The van der Waals surface area contributed by atoms with E-state index < -0.39 is 7.12 Å². The summed E-state index contributed by atoms with van der Waals surface area (Å²) in [5.74, 6) is 0.256. The van der Waals surface area contributed by atoms with Gasteiger partial charge in [0.1, 0.15) is 5.69 Å². The second-order valence-electron chi connectivity index (χ2n) is 2.32. The van der Waals surface area contributed by atoms with Gasteiger partial charge in [0.15, 0.2) is 6.29 Å². The molecule has 1 aromatic heterocycles. The highest BCUT2D eigenvalue weighted by Crippen LogP contribution is 2.03. The Morgan fingerprint density at radius 3 is 2.69 bits per heavy atom. The molecule has 0 aromatic carbocycles. The molecular formula is C7H8BNO4. The predicted molar refractivity (Wildman–Crippen MR) is 46.0 cm³/mol.